The van der Waals surface area contributed by atoms with Crippen molar-refractivity contribution in [1.82, 2.24) is 5.32 Å². The molecule has 27 heavy (non-hydrogen) atoms. The summed E-state index contributed by atoms with van der Waals surface area (Å²) in [5.41, 5.74) is 1.23. The molecule has 1 aliphatic rings. The molecule has 0 radical (unpaired) electrons. The molecule has 6 heteroatoms. The van der Waals surface area contributed by atoms with Gasteiger partial charge in [0.2, 0.25) is 0 Å². The molecule has 4 nitrogen and oxygen atoms in total. The maximum atomic E-state index is 11.0. The fourth-order valence-electron chi connectivity index (χ4n) is 3.93. The van der Waals surface area contributed by atoms with Gasteiger partial charge in [-0.15, -0.1) is 22.9 Å². The van der Waals surface area contributed by atoms with Crippen LogP contribution >= 0.6 is 22.9 Å². The van der Waals surface area contributed by atoms with Crippen LogP contribution in [0.2, 0.25) is 0 Å². The topological polar surface area (TPSA) is 69.6 Å². The van der Waals surface area contributed by atoms with E-state index in [0.29, 0.717) is 11.3 Å². The van der Waals surface area contributed by atoms with Crippen LogP contribution < -0.4 is 5.32 Å². The van der Waals surface area contributed by atoms with Crippen molar-refractivity contribution < 1.29 is 15.0 Å². The largest absolute Gasteiger partial charge is 0.477 e. The highest BCUT2D eigenvalue weighted by Gasteiger charge is 2.40. The predicted octanol–water partition coefficient (Wildman–Crippen LogP) is 4.16. The van der Waals surface area contributed by atoms with Gasteiger partial charge in [-0.3, -0.25) is 0 Å². The third kappa shape index (κ3) is 5.55. The minimum Gasteiger partial charge on any atom is -0.477 e. The fraction of sp³-hybridized carbons (Fsp3) is 0.476. The zero-order valence-electron chi connectivity index (χ0n) is 15.2. The van der Waals surface area contributed by atoms with E-state index in [0.717, 1.165) is 37.2 Å². The molecule has 0 amide bonds. The Labute approximate surface area is 169 Å². The van der Waals surface area contributed by atoms with Crippen LogP contribution in [0, 0.1) is 11.8 Å². The normalized spacial score (nSPS) is 25.0. The number of carbonyl (C=O) groups is 1. The SMILES string of the molecule is O=C(O)c1ccc(CCC[C@@H]2[C@@H](CNCc3ccccc3)[C@H](O)C[C@@H]2Cl)s1. The molecule has 1 fully saturated rings. The van der Waals surface area contributed by atoms with Crippen LogP contribution in [0.15, 0.2) is 42.5 Å². The van der Waals surface area contributed by atoms with Gasteiger partial charge >= 0.3 is 5.97 Å². The molecule has 0 saturated heterocycles. The number of hydrogen-bond donors (Lipinski definition) is 3. The van der Waals surface area contributed by atoms with Gasteiger partial charge in [0.1, 0.15) is 4.88 Å². The Balaban J connectivity index is 1.48. The van der Waals surface area contributed by atoms with Crippen molar-refractivity contribution in [3.63, 3.8) is 0 Å². The quantitative estimate of drug-likeness (QED) is 0.546. The van der Waals surface area contributed by atoms with Crippen LogP contribution in [0.5, 0.6) is 0 Å². The number of halogens is 1. The van der Waals surface area contributed by atoms with Gasteiger partial charge < -0.3 is 15.5 Å². The van der Waals surface area contributed by atoms with E-state index in [1.807, 2.05) is 24.3 Å². The summed E-state index contributed by atoms with van der Waals surface area (Å²) in [4.78, 5) is 12.5. The van der Waals surface area contributed by atoms with Crippen molar-refractivity contribution in [3.8, 4) is 0 Å². The van der Waals surface area contributed by atoms with Crippen molar-refractivity contribution in [3.05, 3.63) is 57.8 Å². The highest BCUT2D eigenvalue weighted by molar-refractivity contribution is 7.13. The second-order valence-corrected chi connectivity index (χ2v) is 8.96. The number of alkyl halides is 1. The number of nitrogens with one attached hydrogen (secondary N) is 1. The van der Waals surface area contributed by atoms with Crippen molar-refractivity contribution in [2.45, 2.75) is 43.7 Å². The third-order valence-electron chi connectivity index (χ3n) is 5.36. The first kappa shape index (κ1) is 20.3. The molecule has 3 rings (SSSR count). The molecule has 1 saturated carbocycles. The van der Waals surface area contributed by atoms with Gasteiger partial charge in [0.15, 0.2) is 0 Å². The van der Waals surface area contributed by atoms with Crippen LogP contribution in [0.1, 0.15) is 39.4 Å². The monoisotopic (exact) mass is 407 g/mol. The second-order valence-electron chi connectivity index (χ2n) is 7.23. The zero-order valence-corrected chi connectivity index (χ0v) is 16.8. The second kappa shape index (κ2) is 9.69. The number of carboxylic acids is 1. The summed E-state index contributed by atoms with van der Waals surface area (Å²) >= 11 is 7.87. The fourth-order valence-corrected chi connectivity index (χ4v) is 5.32. The number of benzene rings is 1. The van der Waals surface area contributed by atoms with E-state index >= 15 is 0 Å². The third-order valence-corrected chi connectivity index (χ3v) is 7.00. The first-order valence-electron chi connectivity index (χ1n) is 9.43. The molecule has 0 bridgehead atoms. The summed E-state index contributed by atoms with van der Waals surface area (Å²) in [6.07, 6.45) is 3.05. The highest BCUT2D eigenvalue weighted by Crippen LogP contribution is 2.39. The van der Waals surface area contributed by atoms with Crippen molar-refractivity contribution >= 4 is 28.9 Å². The summed E-state index contributed by atoms with van der Waals surface area (Å²) < 4.78 is 0. The maximum Gasteiger partial charge on any atom is 0.345 e. The van der Waals surface area contributed by atoms with E-state index in [9.17, 15) is 9.90 Å². The summed E-state index contributed by atoms with van der Waals surface area (Å²) in [6, 6.07) is 13.8. The van der Waals surface area contributed by atoms with Gasteiger partial charge in [-0.2, -0.15) is 0 Å². The Morgan fingerprint density at radius 3 is 2.67 bits per heavy atom. The Bertz CT molecular complexity index is 736. The minimum absolute atomic E-state index is 0.00133. The lowest BCUT2D eigenvalue weighted by atomic mass is 9.89. The number of aliphatic hydroxyl groups excluding tert-OH is 1. The van der Waals surface area contributed by atoms with Crippen LogP contribution in [-0.4, -0.2) is 34.2 Å². The molecular weight excluding hydrogens is 382 g/mol. The molecule has 1 aromatic carbocycles. The molecule has 2 aromatic rings. The summed E-state index contributed by atoms with van der Waals surface area (Å²) in [5, 5.41) is 22.9. The molecule has 4 atom stereocenters. The molecule has 0 spiro atoms. The summed E-state index contributed by atoms with van der Waals surface area (Å²) in [7, 11) is 0. The van der Waals surface area contributed by atoms with Crippen molar-refractivity contribution in [2.75, 3.05) is 6.54 Å². The lowest BCUT2D eigenvalue weighted by molar-refractivity contribution is 0.0702. The Hall–Kier alpha value is -1.40. The molecule has 1 aromatic heterocycles. The number of carboxylic acid groups (broad SMARTS) is 1. The number of rotatable bonds is 9. The molecule has 1 aliphatic carbocycles. The molecule has 0 aliphatic heterocycles. The van der Waals surface area contributed by atoms with Gasteiger partial charge in [0.25, 0.3) is 0 Å². The van der Waals surface area contributed by atoms with E-state index in [4.69, 9.17) is 16.7 Å². The Morgan fingerprint density at radius 2 is 1.96 bits per heavy atom. The van der Waals surface area contributed by atoms with E-state index < -0.39 is 5.97 Å². The van der Waals surface area contributed by atoms with Gasteiger partial charge in [0, 0.05) is 29.3 Å². The average molecular weight is 408 g/mol. The molecular formula is C21H26ClNO3S. The maximum absolute atomic E-state index is 11.0. The number of thiophene rings is 1. The van der Waals surface area contributed by atoms with Gasteiger partial charge in [-0.25, -0.2) is 4.79 Å². The van der Waals surface area contributed by atoms with E-state index in [1.54, 1.807) is 6.07 Å². The standard InChI is InChI=1S/C21H26ClNO3S/c22-18-11-19(24)17(13-23-12-14-5-2-1-3-6-14)16(18)8-4-7-15-9-10-20(27-15)21(25)26/h1-3,5-6,9-10,16-19,23-24H,4,7-8,11-13H2,(H,25,26)/t16-,17-,18+,19-/m1/s1. The van der Waals surface area contributed by atoms with Crippen LogP contribution in [-0.2, 0) is 13.0 Å². The number of aromatic carboxylic acids is 1. The average Bonchev–Trinajstić information content (AvgIpc) is 3.22. The molecule has 3 N–H and O–H groups in total. The number of hydrogen-bond acceptors (Lipinski definition) is 4. The van der Waals surface area contributed by atoms with Gasteiger partial charge in [-0.1, -0.05) is 30.3 Å². The van der Waals surface area contributed by atoms with E-state index in [1.165, 1.54) is 16.9 Å². The molecule has 146 valence electrons. The Morgan fingerprint density at radius 1 is 1.19 bits per heavy atom. The first-order chi connectivity index (χ1) is 13.0. The van der Waals surface area contributed by atoms with E-state index in [-0.39, 0.29) is 23.3 Å². The van der Waals surface area contributed by atoms with Gasteiger partial charge in [0.05, 0.1) is 6.10 Å². The minimum atomic E-state index is -0.865. The van der Waals surface area contributed by atoms with Crippen LogP contribution in [0.3, 0.4) is 0 Å². The van der Waals surface area contributed by atoms with Crippen LogP contribution in [0.4, 0.5) is 0 Å². The first-order valence-corrected chi connectivity index (χ1v) is 10.7. The van der Waals surface area contributed by atoms with Crippen molar-refractivity contribution in [1.29, 1.82) is 0 Å². The molecule has 1 heterocycles. The number of aryl methyl sites for hydroxylation is 1. The summed E-state index contributed by atoms with van der Waals surface area (Å²) in [5.74, 6) is -0.423. The van der Waals surface area contributed by atoms with Crippen molar-refractivity contribution in [2.24, 2.45) is 11.8 Å². The van der Waals surface area contributed by atoms with Crippen LogP contribution in [0.25, 0.3) is 0 Å². The lowest BCUT2D eigenvalue weighted by Gasteiger charge is -2.24. The smallest absolute Gasteiger partial charge is 0.345 e. The molecule has 0 unspecified atom stereocenters. The van der Waals surface area contributed by atoms with Gasteiger partial charge in [-0.05, 0) is 49.3 Å². The Kier molecular flexibility index (Phi) is 7.30. The zero-order chi connectivity index (χ0) is 19.2. The van der Waals surface area contributed by atoms with E-state index in [2.05, 4.69) is 17.4 Å². The lowest BCUT2D eigenvalue weighted by Crippen LogP contribution is -2.32. The highest BCUT2D eigenvalue weighted by atomic mass is 35.5. The number of aliphatic hydroxyl groups is 1. The summed E-state index contributed by atoms with van der Waals surface area (Å²) in [6.45, 7) is 1.54. The predicted molar refractivity (Wildman–Crippen MR) is 110 cm³/mol.